The number of anilines is 1. The summed E-state index contributed by atoms with van der Waals surface area (Å²) in [6, 6.07) is 6.45. The van der Waals surface area contributed by atoms with E-state index in [1.807, 2.05) is 18.4 Å². The van der Waals surface area contributed by atoms with Gasteiger partial charge in [-0.25, -0.2) is 14.4 Å². The summed E-state index contributed by atoms with van der Waals surface area (Å²) < 4.78 is 13.1. The van der Waals surface area contributed by atoms with Gasteiger partial charge in [0.1, 0.15) is 16.5 Å². The van der Waals surface area contributed by atoms with Gasteiger partial charge in [-0.05, 0) is 42.1 Å². The number of fused-ring (bicyclic) bond motifs is 1. The van der Waals surface area contributed by atoms with Gasteiger partial charge in [0.05, 0.1) is 5.39 Å². The van der Waals surface area contributed by atoms with Crippen LogP contribution in [0.15, 0.2) is 29.6 Å². The third-order valence-electron chi connectivity index (χ3n) is 2.78. The maximum atomic E-state index is 13.1. The normalized spacial score (nSPS) is 11.0. The van der Waals surface area contributed by atoms with Crippen molar-refractivity contribution < 1.29 is 4.39 Å². The molecule has 0 saturated carbocycles. The summed E-state index contributed by atoms with van der Waals surface area (Å²) in [5.41, 5.74) is 7.50. The van der Waals surface area contributed by atoms with Crippen LogP contribution >= 0.6 is 11.3 Å². The first-order valence-corrected chi connectivity index (χ1v) is 6.30. The van der Waals surface area contributed by atoms with Crippen LogP contribution in [0.25, 0.3) is 21.6 Å². The molecule has 18 heavy (non-hydrogen) atoms. The van der Waals surface area contributed by atoms with E-state index in [-0.39, 0.29) is 5.82 Å². The van der Waals surface area contributed by atoms with Gasteiger partial charge in [-0.1, -0.05) is 0 Å². The number of aryl methyl sites for hydroxylation is 1. The number of aromatic nitrogens is 2. The second-order valence-electron chi connectivity index (χ2n) is 4.03. The standard InChI is InChI=1S/C13H10FN3S/c1-7-6-8(14)2-3-9(7)12-16-11(15)10-4-5-18-13(10)17-12/h2-6H,1H3,(H2,15,16,17). The topological polar surface area (TPSA) is 51.8 Å². The van der Waals surface area contributed by atoms with Crippen molar-refractivity contribution in [3.8, 4) is 11.4 Å². The van der Waals surface area contributed by atoms with E-state index in [9.17, 15) is 4.39 Å². The number of thiophene rings is 1. The minimum absolute atomic E-state index is 0.263. The van der Waals surface area contributed by atoms with Gasteiger partial charge in [-0.3, -0.25) is 0 Å². The van der Waals surface area contributed by atoms with Crippen molar-refractivity contribution in [2.24, 2.45) is 0 Å². The molecule has 0 fully saturated rings. The van der Waals surface area contributed by atoms with Crippen LogP contribution in [0.4, 0.5) is 10.2 Å². The predicted octanol–water partition coefficient (Wildman–Crippen LogP) is 3.39. The molecule has 2 N–H and O–H groups in total. The summed E-state index contributed by atoms with van der Waals surface area (Å²) in [6.45, 7) is 1.83. The molecule has 0 aliphatic heterocycles. The van der Waals surface area contributed by atoms with Gasteiger partial charge in [-0.15, -0.1) is 11.3 Å². The Morgan fingerprint density at radius 1 is 1.22 bits per heavy atom. The monoisotopic (exact) mass is 259 g/mol. The van der Waals surface area contributed by atoms with Gasteiger partial charge in [0.2, 0.25) is 0 Å². The molecule has 2 aromatic heterocycles. The first kappa shape index (κ1) is 11.1. The molecule has 0 unspecified atom stereocenters. The largest absolute Gasteiger partial charge is 0.383 e. The molecule has 0 amide bonds. The highest BCUT2D eigenvalue weighted by molar-refractivity contribution is 7.16. The summed E-state index contributed by atoms with van der Waals surface area (Å²) >= 11 is 1.51. The number of halogens is 1. The van der Waals surface area contributed by atoms with Gasteiger partial charge in [-0.2, -0.15) is 0 Å². The van der Waals surface area contributed by atoms with Gasteiger partial charge in [0.25, 0.3) is 0 Å². The lowest BCUT2D eigenvalue weighted by atomic mass is 10.1. The Balaban J connectivity index is 2.24. The Labute approximate surface area is 107 Å². The Morgan fingerprint density at radius 2 is 2.06 bits per heavy atom. The number of hydrogen-bond acceptors (Lipinski definition) is 4. The van der Waals surface area contributed by atoms with Crippen molar-refractivity contribution in [2.75, 3.05) is 5.73 Å². The Kier molecular flexibility index (Phi) is 2.48. The molecule has 0 aliphatic rings. The molecule has 3 rings (SSSR count). The molecule has 0 atom stereocenters. The van der Waals surface area contributed by atoms with Crippen molar-refractivity contribution in [3.05, 3.63) is 41.0 Å². The highest BCUT2D eigenvalue weighted by Crippen LogP contribution is 2.28. The van der Waals surface area contributed by atoms with Gasteiger partial charge in [0.15, 0.2) is 5.82 Å². The van der Waals surface area contributed by atoms with E-state index in [1.54, 1.807) is 6.07 Å². The van der Waals surface area contributed by atoms with E-state index in [4.69, 9.17) is 5.73 Å². The first-order valence-electron chi connectivity index (χ1n) is 5.42. The van der Waals surface area contributed by atoms with Crippen molar-refractivity contribution in [1.29, 1.82) is 0 Å². The summed E-state index contributed by atoms with van der Waals surface area (Å²) in [5.74, 6) is 0.737. The van der Waals surface area contributed by atoms with Crippen LogP contribution in [0.1, 0.15) is 5.56 Å². The highest BCUT2D eigenvalue weighted by atomic mass is 32.1. The summed E-state index contributed by atoms with van der Waals surface area (Å²) in [7, 11) is 0. The lowest BCUT2D eigenvalue weighted by molar-refractivity contribution is 0.627. The quantitative estimate of drug-likeness (QED) is 0.728. The SMILES string of the molecule is Cc1cc(F)ccc1-c1nc(N)c2ccsc2n1. The molecule has 0 saturated heterocycles. The van der Waals surface area contributed by atoms with Crippen molar-refractivity contribution in [2.45, 2.75) is 6.92 Å². The zero-order valence-electron chi connectivity index (χ0n) is 9.64. The fraction of sp³-hybridized carbons (Fsp3) is 0.0769. The average molecular weight is 259 g/mol. The van der Waals surface area contributed by atoms with E-state index in [0.717, 1.165) is 21.3 Å². The molecule has 3 aromatic rings. The second-order valence-corrected chi connectivity index (χ2v) is 4.93. The van der Waals surface area contributed by atoms with E-state index >= 15 is 0 Å². The lowest BCUT2D eigenvalue weighted by Crippen LogP contribution is -1.97. The van der Waals surface area contributed by atoms with Crippen LogP contribution in [0.5, 0.6) is 0 Å². The van der Waals surface area contributed by atoms with Crippen LogP contribution in [-0.4, -0.2) is 9.97 Å². The maximum absolute atomic E-state index is 13.1. The number of nitrogens with zero attached hydrogens (tertiary/aromatic N) is 2. The van der Waals surface area contributed by atoms with Crippen LogP contribution in [0, 0.1) is 12.7 Å². The molecule has 0 bridgehead atoms. The number of rotatable bonds is 1. The van der Waals surface area contributed by atoms with Crippen molar-refractivity contribution in [3.63, 3.8) is 0 Å². The van der Waals surface area contributed by atoms with E-state index in [2.05, 4.69) is 9.97 Å². The number of benzene rings is 1. The molecule has 1 aromatic carbocycles. The van der Waals surface area contributed by atoms with E-state index < -0.39 is 0 Å². The molecule has 3 nitrogen and oxygen atoms in total. The number of hydrogen-bond donors (Lipinski definition) is 1. The third kappa shape index (κ3) is 1.73. The van der Waals surface area contributed by atoms with Crippen LogP contribution in [0.3, 0.4) is 0 Å². The first-order chi connectivity index (χ1) is 8.65. The zero-order chi connectivity index (χ0) is 12.7. The Hall–Kier alpha value is -2.01. The van der Waals surface area contributed by atoms with Crippen LogP contribution in [0.2, 0.25) is 0 Å². The molecule has 0 radical (unpaired) electrons. The van der Waals surface area contributed by atoms with Gasteiger partial charge in [0, 0.05) is 5.56 Å². The Bertz CT molecular complexity index is 736. The van der Waals surface area contributed by atoms with E-state index in [0.29, 0.717) is 11.6 Å². The zero-order valence-corrected chi connectivity index (χ0v) is 10.5. The van der Waals surface area contributed by atoms with Crippen molar-refractivity contribution >= 4 is 27.4 Å². The Morgan fingerprint density at radius 3 is 2.83 bits per heavy atom. The van der Waals surface area contributed by atoms with Gasteiger partial charge >= 0.3 is 0 Å². The smallest absolute Gasteiger partial charge is 0.163 e. The summed E-state index contributed by atoms with van der Waals surface area (Å²) in [5, 5.41) is 2.79. The van der Waals surface area contributed by atoms with Crippen LogP contribution in [-0.2, 0) is 0 Å². The van der Waals surface area contributed by atoms with Crippen molar-refractivity contribution in [1.82, 2.24) is 9.97 Å². The molecular formula is C13H10FN3S. The highest BCUT2D eigenvalue weighted by Gasteiger charge is 2.10. The molecule has 5 heteroatoms. The molecular weight excluding hydrogens is 249 g/mol. The second kappa shape index (κ2) is 4.03. The fourth-order valence-electron chi connectivity index (χ4n) is 1.88. The molecule has 0 aliphatic carbocycles. The summed E-state index contributed by atoms with van der Waals surface area (Å²) in [4.78, 5) is 9.60. The third-order valence-corrected chi connectivity index (χ3v) is 3.59. The minimum atomic E-state index is -0.263. The number of nitrogen functional groups attached to an aromatic ring is 1. The van der Waals surface area contributed by atoms with Crippen LogP contribution < -0.4 is 5.73 Å². The molecule has 90 valence electrons. The lowest BCUT2D eigenvalue weighted by Gasteiger charge is -2.05. The number of nitrogens with two attached hydrogens (primary N) is 1. The fourth-order valence-corrected chi connectivity index (χ4v) is 2.65. The predicted molar refractivity (Wildman–Crippen MR) is 72.0 cm³/mol. The average Bonchev–Trinajstić information content (AvgIpc) is 2.77. The minimum Gasteiger partial charge on any atom is -0.383 e. The maximum Gasteiger partial charge on any atom is 0.163 e. The van der Waals surface area contributed by atoms with E-state index in [1.165, 1.54) is 23.5 Å². The van der Waals surface area contributed by atoms with Gasteiger partial charge < -0.3 is 5.73 Å². The summed E-state index contributed by atoms with van der Waals surface area (Å²) in [6.07, 6.45) is 0. The molecule has 0 spiro atoms. The molecule has 2 heterocycles.